The van der Waals surface area contributed by atoms with Gasteiger partial charge in [0.25, 0.3) is 5.91 Å². The van der Waals surface area contributed by atoms with Gasteiger partial charge in [-0.05, 0) is 57.9 Å². The molecule has 0 radical (unpaired) electrons. The molecule has 2 fully saturated rings. The number of amides is 1. The number of hydrogen-bond acceptors (Lipinski definition) is 2. The highest BCUT2D eigenvalue weighted by Gasteiger charge is 2.34. The topological polar surface area (TPSA) is 38.1 Å². The van der Waals surface area contributed by atoms with E-state index in [1.54, 1.807) is 0 Å². The molecule has 1 aliphatic carbocycles. The molecule has 0 N–H and O–H groups in total. The number of carbonyl (C=O) groups excluding carboxylic acids is 1. The maximum Gasteiger partial charge on any atom is 0.274 e. The number of likely N-dealkylation sites (tertiary alicyclic amines) is 1. The third-order valence-electron chi connectivity index (χ3n) is 4.74. The first-order valence-corrected chi connectivity index (χ1v) is 8.65. The van der Waals surface area contributed by atoms with Gasteiger partial charge in [0.2, 0.25) is 0 Å². The van der Waals surface area contributed by atoms with Gasteiger partial charge in [-0.3, -0.25) is 9.48 Å². The summed E-state index contributed by atoms with van der Waals surface area (Å²) in [5.41, 5.74) is 1.81. The zero-order valence-electron chi connectivity index (χ0n) is 14.6. The van der Waals surface area contributed by atoms with E-state index in [2.05, 4.69) is 45.4 Å². The van der Waals surface area contributed by atoms with E-state index in [-0.39, 0.29) is 11.4 Å². The van der Waals surface area contributed by atoms with E-state index in [1.165, 1.54) is 25.0 Å². The summed E-state index contributed by atoms with van der Waals surface area (Å²) in [5.74, 6) is 1.89. The molecular formula is C18H29N3O. The lowest BCUT2D eigenvalue weighted by Gasteiger charge is -2.34. The minimum Gasteiger partial charge on any atom is -0.337 e. The highest BCUT2D eigenvalue weighted by Crippen LogP contribution is 2.42. The average molecular weight is 303 g/mol. The van der Waals surface area contributed by atoms with Crippen LogP contribution in [-0.2, 0) is 5.54 Å². The molecule has 1 aliphatic heterocycles. The van der Waals surface area contributed by atoms with Gasteiger partial charge in [0, 0.05) is 24.7 Å². The molecule has 2 aliphatic rings. The first-order chi connectivity index (χ1) is 10.3. The Hall–Kier alpha value is -1.32. The second-order valence-electron chi connectivity index (χ2n) is 8.47. The fraction of sp³-hybridized carbons (Fsp3) is 0.778. The van der Waals surface area contributed by atoms with Crippen molar-refractivity contribution >= 4 is 5.91 Å². The summed E-state index contributed by atoms with van der Waals surface area (Å²) in [6, 6.07) is 2.05. The van der Waals surface area contributed by atoms with Gasteiger partial charge >= 0.3 is 0 Å². The van der Waals surface area contributed by atoms with Crippen LogP contribution < -0.4 is 0 Å². The van der Waals surface area contributed by atoms with Crippen molar-refractivity contribution in [2.45, 2.75) is 65.3 Å². The quantitative estimate of drug-likeness (QED) is 0.836. The van der Waals surface area contributed by atoms with Crippen LogP contribution in [0, 0.1) is 11.8 Å². The molecule has 0 aromatic carbocycles. The van der Waals surface area contributed by atoms with Gasteiger partial charge in [0.15, 0.2) is 5.69 Å². The van der Waals surface area contributed by atoms with Gasteiger partial charge < -0.3 is 4.90 Å². The third-order valence-corrected chi connectivity index (χ3v) is 4.74. The summed E-state index contributed by atoms with van der Waals surface area (Å²) in [4.78, 5) is 14.9. The van der Waals surface area contributed by atoms with E-state index in [0.29, 0.717) is 23.4 Å². The van der Waals surface area contributed by atoms with E-state index in [0.717, 1.165) is 13.1 Å². The van der Waals surface area contributed by atoms with Crippen LogP contribution in [-0.4, -0.2) is 33.7 Å². The zero-order valence-corrected chi connectivity index (χ0v) is 14.6. The second-order valence-corrected chi connectivity index (χ2v) is 8.47. The molecule has 1 amide bonds. The van der Waals surface area contributed by atoms with Crippen LogP contribution in [0.3, 0.4) is 0 Å². The number of piperidine rings is 1. The molecule has 4 nitrogen and oxygen atoms in total. The fourth-order valence-electron chi connectivity index (χ4n) is 3.70. The van der Waals surface area contributed by atoms with Crippen molar-refractivity contribution in [1.82, 2.24) is 14.7 Å². The molecule has 1 saturated heterocycles. The maximum absolute atomic E-state index is 12.9. The van der Waals surface area contributed by atoms with Crippen molar-refractivity contribution < 1.29 is 4.79 Å². The van der Waals surface area contributed by atoms with Crippen molar-refractivity contribution in [3.05, 3.63) is 17.5 Å². The van der Waals surface area contributed by atoms with Crippen molar-refractivity contribution in [3.63, 3.8) is 0 Å². The number of carbonyl (C=O) groups is 1. The van der Waals surface area contributed by atoms with Gasteiger partial charge in [-0.2, -0.15) is 5.10 Å². The van der Waals surface area contributed by atoms with Crippen LogP contribution in [0.5, 0.6) is 0 Å². The first kappa shape index (κ1) is 15.6. The summed E-state index contributed by atoms with van der Waals surface area (Å²) in [5, 5.41) is 4.69. The Morgan fingerprint density at radius 1 is 1.18 bits per heavy atom. The van der Waals surface area contributed by atoms with E-state index < -0.39 is 0 Å². The second kappa shape index (κ2) is 5.39. The molecule has 2 heterocycles. The van der Waals surface area contributed by atoms with Gasteiger partial charge in [0.05, 0.1) is 5.54 Å². The molecule has 2 unspecified atom stereocenters. The van der Waals surface area contributed by atoms with Gasteiger partial charge in [-0.15, -0.1) is 0 Å². The predicted molar refractivity (Wildman–Crippen MR) is 88.0 cm³/mol. The number of nitrogens with zero attached hydrogens (tertiary/aromatic N) is 3. The van der Waals surface area contributed by atoms with E-state index >= 15 is 0 Å². The largest absolute Gasteiger partial charge is 0.337 e. The van der Waals surface area contributed by atoms with Crippen LogP contribution in [0.4, 0.5) is 0 Å². The highest BCUT2D eigenvalue weighted by atomic mass is 16.2. The summed E-state index contributed by atoms with van der Waals surface area (Å²) in [6.07, 6.45) is 3.67. The minimum atomic E-state index is -0.0705. The Bertz CT molecular complexity index is 555. The Kier molecular flexibility index (Phi) is 3.82. The highest BCUT2D eigenvalue weighted by molar-refractivity contribution is 5.92. The Morgan fingerprint density at radius 3 is 2.27 bits per heavy atom. The lowest BCUT2D eigenvalue weighted by atomic mass is 9.92. The average Bonchev–Trinajstić information content (AvgIpc) is 3.14. The Balaban J connectivity index is 1.86. The molecule has 22 heavy (non-hydrogen) atoms. The van der Waals surface area contributed by atoms with E-state index in [9.17, 15) is 4.79 Å². The monoisotopic (exact) mass is 303 g/mol. The van der Waals surface area contributed by atoms with Crippen molar-refractivity contribution in [1.29, 1.82) is 0 Å². The summed E-state index contributed by atoms with van der Waals surface area (Å²) in [7, 11) is 0. The molecule has 3 rings (SSSR count). The van der Waals surface area contributed by atoms with Crippen LogP contribution in [0.15, 0.2) is 6.07 Å². The molecule has 2 atom stereocenters. The maximum atomic E-state index is 12.9. The third kappa shape index (κ3) is 3.06. The van der Waals surface area contributed by atoms with Crippen molar-refractivity contribution in [3.8, 4) is 0 Å². The molecule has 122 valence electrons. The zero-order chi connectivity index (χ0) is 16.1. The van der Waals surface area contributed by atoms with Gasteiger partial charge in [-0.1, -0.05) is 13.8 Å². The summed E-state index contributed by atoms with van der Waals surface area (Å²) in [6.45, 7) is 12.7. The molecule has 4 heteroatoms. The lowest BCUT2D eigenvalue weighted by Crippen LogP contribution is -2.42. The molecular weight excluding hydrogens is 274 g/mol. The molecule has 1 saturated carbocycles. The Morgan fingerprint density at radius 2 is 1.77 bits per heavy atom. The van der Waals surface area contributed by atoms with Crippen LogP contribution in [0.2, 0.25) is 0 Å². The summed E-state index contributed by atoms with van der Waals surface area (Å²) >= 11 is 0. The molecule has 0 spiro atoms. The van der Waals surface area contributed by atoms with Crippen LogP contribution >= 0.6 is 0 Å². The first-order valence-electron chi connectivity index (χ1n) is 8.65. The standard InChI is InChI=1S/C18H29N3O/c1-12-8-13(2)11-20(10-12)17(22)15-9-16(14-6-7-14)21(19-15)18(3,4)5/h9,12-14H,6-8,10-11H2,1-5H3. The number of aromatic nitrogens is 2. The van der Waals surface area contributed by atoms with E-state index in [1.807, 2.05) is 4.90 Å². The van der Waals surface area contributed by atoms with Crippen LogP contribution in [0.1, 0.15) is 76.0 Å². The van der Waals surface area contributed by atoms with Crippen molar-refractivity contribution in [2.24, 2.45) is 11.8 Å². The number of hydrogen-bond donors (Lipinski definition) is 0. The SMILES string of the molecule is CC1CC(C)CN(C(=O)c2cc(C3CC3)n(C(C)(C)C)n2)C1. The van der Waals surface area contributed by atoms with Crippen molar-refractivity contribution in [2.75, 3.05) is 13.1 Å². The molecule has 0 bridgehead atoms. The van der Waals surface area contributed by atoms with Gasteiger partial charge in [-0.25, -0.2) is 0 Å². The lowest BCUT2D eigenvalue weighted by molar-refractivity contribution is 0.0615. The Labute approximate surface area is 133 Å². The van der Waals surface area contributed by atoms with Gasteiger partial charge in [0.1, 0.15) is 0 Å². The number of rotatable bonds is 2. The normalized spacial score (nSPS) is 26.3. The summed E-state index contributed by atoms with van der Waals surface area (Å²) < 4.78 is 2.08. The predicted octanol–water partition coefficient (Wildman–Crippen LogP) is 3.63. The fourth-order valence-corrected chi connectivity index (χ4v) is 3.70. The molecule has 1 aromatic heterocycles. The van der Waals surface area contributed by atoms with Crippen LogP contribution in [0.25, 0.3) is 0 Å². The smallest absolute Gasteiger partial charge is 0.274 e. The molecule has 1 aromatic rings. The van der Waals surface area contributed by atoms with E-state index in [4.69, 9.17) is 5.10 Å². The minimum absolute atomic E-state index is 0.0705.